The molecule has 0 radical (unpaired) electrons. The van der Waals surface area contributed by atoms with Crippen LogP contribution in [0, 0.1) is 5.82 Å². The minimum Gasteiger partial charge on any atom is -0.349 e. The van der Waals surface area contributed by atoms with E-state index in [2.05, 4.69) is 5.32 Å². The van der Waals surface area contributed by atoms with E-state index in [-0.39, 0.29) is 17.8 Å². The Labute approximate surface area is 102 Å². The summed E-state index contributed by atoms with van der Waals surface area (Å²) in [6, 6.07) is 5.55. The number of benzene rings is 1. The molecule has 1 aliphatic heterocycles. The highest BCUT2D eigenvalue weighted by Crippen LogP contribution is 2.10. The van der Waals surface area contributed by atoms with Crippen molar-refractivity contribution in [2.45, 2.75) is 18.9 Å². The number of amides is 1. The summed E-state index contributed by atoms with van der Waals surface area (Å²) >= 11 is 0. The Morgan fingerprint density at radius 3 is 2.41 bits per heavy atom. The van der Waals surface area contributed by atoms with Crippen LogP contribution in [0.3, 0.4) is 0 Å². The summed E-state index contributed by atoms with van der Waals surface area (Å²) in [5.74, 6) is 0.750. The lowest BCUT2D eigenvalue weighted by Crippen LogP contribution is -2.39. The molecule has 1 heterocycles. The van der Waals surface area contributed by atoms with Crippen molar-refractivity contribution in [1.82, 2.24) is 5.32 Å². The van der Waals surface area contributed by atoms with Gasteiger partial charge in [-0.25, -0.2) is 4.39 Å². The zero-order valence-electron chi connectivity index (χ0n) is 9.32. The SMILES string of the molecule is O=C(NC1CCS(=O)CC1)c1ccc(F)cc1. The molecule has 0 spiro atoms. The second-order valence-electron chi connectivity index (χ2n) is 4.10. The predicted octanol–water partition coefficient (Wildman–Crippen LogP) is 1.47. The summed E-state index contributed by atoms with van der Waals surface area (Å²) in [6.45, 7) is 0. The Morgan fingerprint density at radius 1 is 1.24 bits per heavy atom. The van der Waals surface area contributed by atoms with Crippen LogP contribution >= 0.6 is 0 Å². The largest absolute Gasteiger partial charge is 0.349 e. The lowest BCUT2D eigenvalue weighted by atomic mass is 10.1. The molecule has 0 atom stereocenters. The van der Waals surface area contributed by atoms with Crippen LogP contribution in [0.5, 0.6) is 0 Å². The van der Waals surface area contributed by atoms with Crippen molar-refractivity contribution in [2.75, 3.05) is 11.5 Å². The van der Waals surface area contributed by atoms with Gasteiger partial charge in [0.1, 0.15) is 5.82 Å². The third kappa shape index (κ3) is 3.36. The Bertz CT molecular complexity index is 423. The average Bonchev–Trinajstić information content (AvgIpc) is 2.33. The fourth-order valence-corrected chi connectivity index (χ4v) is 3.11. The molecule has 5 heteroatoms. The van der Waals surface area contributed by atoms with Crippen LogP contribution in [0.2, 0.25) is 0 Å². The summed E-state index contributed by atoms with van der Waals surface area (Å²) < 4.78 is 23.8. The van der Waals surface area contributed by atoms with Crippen molar-refractivity contribution in [3.8, 4) is 0 Å². The summed E-state index contributed by atoms with van der Waals surface area (Å²) in [5.41, 5.74) is 0.457. The maximum absolute atomic E-state index is 12.7. The number of hydrogen-bond donors (Lipinski definition) is 1. The second kappa shape index (κ2) is 5.40. The van der Waals surface area contributed by atoms with E-state index in [4.69, 9.17) is 0 Å². The zero-order chi connectivity index (χ0) is 12.3. The molecule has 3 nitrogen and oxygen atoms in total. The van der Waals surface area contributed by atoms with E-state index in [1.807, 2.05) is 0 Å². The molecule has 17 heavy (non-hydrogen) atoms. The second-order valence-corrected chi connectivity index (χ2v) is 5.80. The molecule has 92 valence electrons. The summed E-state index contributed by atoms with van der Waals surface area (Å²) in [6.07, 6.45) is 1.50. The van der Waals surface area contributed by atoms with E-state index in [1.54, 1.807) is 0 Å². The van der Waals surface area contributed by atoms with Gasteiger partial charge >= 0.3 is 0 Å². The molecule has 0 unspecified atom stereocenters. The average molecular weight is 255 g/mol. The Hall–Kier alpha value is -1.23. The minimum absolute atomic E-state index is 0.0882. The highest BCUT2D eigenvalue weighted by atomic mass is 32.2. The van der Waals surface area contributed by atoms with E-state index in [1.165, 1.54) is 24.3 Å². The molecule has 1 aliphatic rings. The van der Waals surface area contributed by atoms with Gasteiger partial charge in [0, 0.05) is 33.9 Å². The molecule has 2 rings (SSSR count). The third-order valence-electron chi connectivity index (χ3n) is 2.83. The maximum atomic E-state index is 12.7. The monoisotopic (exact) mass is 255 g/mol. The highest BCUT2D eigenvalue weighted by molar-refractivity contribution is 7.85. The number of halogens is 1. The Kier molecular flexibility index (Phi) is 3.89. The van der Waals surface area contributed by atoms with Crippen LogP contribution in [-0.2, 0) is 10.8 Å². The topological polar surface area (TPSA) is 46.2 Å². The summed E-state index contributed by atoms with van der Waals surface area (Å²) in [7, 11) is -0.724. The Morgan fingerprint density at radius 2 is 1.82 bits per heavy atom. The van der Waals surface area contributed by atoms with Crippen LogP contribution in [0.1, 0.15) is 23.2 Å². The van der Waals surface area contributed by atoms with Crippen LogP contribution < -0.4 is 5.32 Å². The number of carbonyl (C=O) groups excluding carboxylic acids is 1. The van der Waals surface area contributed by atoms with E-state index < -0.39 is 10.8 Å². The van der Waals surface area contributed by atoms with Crippen molar-refractivity contribution < 1.29 is 13.4 Å². The first-order valence-corrected chi connectivity index (χ1v) is 7.05. The van der Waals surface area contributed by atoms with Crippen molar-refractivity contribution in [1.29, 1.82) is 0 Å². The summed E-state index contributed by atoms with van der Waals surface area (Å²) in [5, 5.41) is 2.88. The quantitative estimate of drug-likeness (QED) is 0.869. The molecule has 1 fully saturated rings. The summed E-state index contributed by atoms with van der Waals surface area (Å²) in [4.78, 5) is 11.8. The van der Waals surface area contributed by atoms with Gasteiger partial charge < -0.3 is 5.32 Å². The van der Waals surface area contributed by atoms with E-state index in [0.29, 0.717) is 17.1 Å². The van der Waals surface area contributed by atoms with E-state index >= 15 is 0 Å². The van der Waals surface area contributed by atoms with Crippen molar-refractivity contribution in [2.24, 2.45) is 0 Å². The van der Waals surface area contributed by atoms with Crippen LogP contribution in [0.15, 0.2) is 24.3 Å². The van der Waals surface area contributed by atoms with Crippen molar-refractivity contribution in [3.63, 3.8) is 0 Å². The molecule has 1 amide bonds. The normalized spacial score (nSPS) is 24.3. The van der Waals surface area contributed by atoms with Gasteiger partial charge in [-0.1, -0.05) is 0 Å². The Balaban J connectivity index is 1.93. The molecular weight excluding hydrogens is 241 g/mol. The number of hydrogen-bond acceptors (Lipinski definition) is 2. The smallest absolute Gasteiger partial charge is 0.251 e. The minimum atomic E-state index is -0.724. The molecule has 0 saturated carbocycles. The first-order chi connectivity index (χ1) is 8.15. The maximum Gasteiger partial charge on any atom is 0.251 e. The van der Waals surface area contributed by atoms with Gasteiger partial charge in [0.25, 0.3) is 5.91 Å². The fourth-order valence-electron chi connectivity index (χ4n) is 1.81. The van der Waals surface area contributed by atoms with Gasteiger partial charge in [-0.15, -0.1) is 0 Å². The van der Waals surface area contributed by atoms with Crippen LogP contribution in [0.4, 0.5) is 4.39 Å². The van der Waals surface area contributed by atoms with Crippen LogP contribution in [0.25, 0.3) is 0 Å². The molecule has 1 saturated heterocycles. The van der Waals surface area contributed by atoms with Gasteiger partial charge in [-0.05, 0) is 37.1 Å². The molecule has 0 aliphatic carbocycles. The number of carbonyl (C=O) groups is 1. The zero-order valence-corrected chi connectivity index (χ0v) is 10.1. The van der Waals surface area contributed by atoms with Gasteiger partial charge in [-0.2, -0.15) is 0 Å². The first-order valence-electron chi connectivity index (χ1n) is 5.56. The molecule has 1 N–H and O–H groups in total. The molecule has 0 bridgehead atoms. The predicted molar refractivity (Wildman–Crippen MR) is 64.8 cm³/mol. The van der Waals surface area contributed by atoms with Gasteiger partial charge in [0.05, 0.1) is 0 Å². The number of rotatable bonds is 2. The fraction of sp³-hybridized carbons (Fsp3) is 0.417. The van der Waals surface area contributed by atoms with Gasteiger partial charge in [0.2, 0.25) is 0 Å². The highest BCUT2D eigenvalue weighted by Gasteiger charge is 2.19. The van der Waals surface area contributed by atoms with Gasteiger partial charge in [-0.3, -0.25) is 9.00 Å². The van der Waals surface area contributed by atoms with E-state index in [0.717, 1.165) is 12.8 Å². The molecule has 0 aromatic heterocycles. The standard InChI is InChI=1S/C12H14FNO2S/c13-10-3-1-9(2-4-10)12(15)14-11-5-7-17(16)8-6-11/h1-4,11H,5-8H2,(H,14,15). The lowest BCUT2D eigenvalue weighted by molar-refractivity contribution is 0.0934. The van der Waals surface area contributed by atoms with Gasteiger partial charge in [0.15, 0.2) is 0 Å². The van der Waals surface area contributed by atoms with E-state index in [9.17, 15) is 13.4 Å². The van der Waals surface area contributed by atoms with Crippen LogP contribution in [-0.4, -0.2) is 27.7 Å². The third-order valence-corrected chi connectivity index (χ3v) is 4.21. The van der Waals surface area contributed by atoms with Crippen molar-refractivity contribution >= 4 is 16.7 Å². The molecule has 1 aromatic rings. The first kappa shape index (κ1) is 12.2. The number of nitrogens with one attached hydrogen (secondary N) is 1. The molecule has 1 aromatic carbocycles. The lowest BCUT2D eigenvalue weighted by Gasteiger charge is -2.22. The molecular formula is C12H14FNO2S. The van der Waals surface area contributed by atoms with Crippen molar-refractivity contribution in [3.05, 3.63) is 35.6 Å².